The number of hydrogen-bond acceptors (Lipinski definition) is 4. The van der Waals surface area contributed by atoms with E-state index in [1.54, 1.807) is 24.3 Å². The zero-order valence-electron chi connectivity index (χ0n) is 11.1. The Morgan fingerprint density at radius 3 is 1.55 bits per heavy atom. The summed E-state index contributed by atoms with van der Waals surface area (Å²) in [6.45, 7) is 0. The van der Waals surface area contributed by atoms with Crippen molar-refractivity contribution >= 4 is 34.3 Å². The molecular formula is C14H14N2O4. The van der Waals surface area contributed by atoms with Gasteiger partial charge in [-0.1, -0.05) is 24.3 Å². The van der Waals surface area contributed by atoms with E-state index in [0.29, 0.717) is 11.4 Å². The number of carbonyl (C=O) groups excluding carboxylic acids is 2. The molecule has 0 fully saturated rings. The minimum atomic E-state index is -0.552. The van der Waals surface area contributed by atoms with Gasteiger partial charge in [-0.3, -0.25) is 10.6 Å². The van der Waals surface area contributed by atoms with Crippen LogP contribution >= 0.6 is 0 Å². The Hall–Kier alpha value is -2.76. The number of ether oxygens (including phenoxy) is 2. The molecule has 0 aliphatic rings. The van der Waals surface area contributed by atoms with E-state index in [-0.39, 0.29) is 0 Å². The van der Waals surface area contributed by atoms with Crippen molar-refractivity contribution in [2.24, 2.45) is 0 Å². The standard InChI is InChI=1S/C14H14N2O4/c1-19-13(17)15-11-7-3-6-10-9(11)5-4-8-12(10)16-14(18)20-2/h3-8H,1-2H3,(H,15,17)(H,16,18). The van der Waals surface area contributed by atoms with Crippen LogP contribution in [0.4, 0.5) is 21.0 Å². The Morgan fingerprint density at radius 1 is 0.800 bits per heavy atom. The predicted octanol–water partition coefficient (Wildman–Crippen LogP) is 3.20. The lowest BCUT2D eigenvalue weighted by Crippen LogP contribution is -2.12. The Kier molecular flexibility index (Phi) is 4.05. The molecule has 20 heavy (non-hydrogen) atoms. The van der Waals surface area contributed by atoms with Crippen LogP contribution in [0.15, 0.2) is 36.4 Å². The van der Waals surface area contributed by atoms with Crippen LogP contribution in [-0.4, -0.2) is 26.4 Å². The van der Waals surface area contributed by atoms with E-state index < -0.39 is 12.2 Å². The van der Waals surface area contributed by atoms with Gasteiger partial charge in [-0.25, -0.2) is 9.59 Å². The maximum atomic E-state index is 11.3. The topological polar surface area (TPSA) is 76.7 Å². The third kappa shape index (κ3) is 2.80. The van der Waals surface area contributed by atoms with Crippen LogP contribution in [0.3, 0.4) is 0 Å². The Morgan fingerprint density at radius 2 is 1.20 bits per heavy atom. The van der Waals surface area contributed by atoms with Crippen molar-refractivity contribution < 1.29 is 19.1 Å². The van der Waals surface area contributed by atoms with Gasteiger partial charge in [0.25, 0.3) is 0 Å². The average molecular weight is 274 g/mol. The predicted molar refractivity (Wildman–Crippen MR) is 76.0 cm³/mol. The van der Waals surface area contributed by atoms with Gasteiger partial charge in [0.2, 0.25) is 0 Å². The van der Waals surface area contributed by atoms with Gasteiger partial charge >= 0.3 is 12.2 Å². The first-order valence-corrected chi connectivity index (χ1v) is 5.87. The highest BCUT2D eigenvalue weighted by molar-refractivity contribution is 6.07. The molecule has 0 saturated carbocycles. The molecule has 0 heterocycles. The number of methoxy groups -OCH3 is 2. The first-order valence-electron chi connectivity index (χ1n) is 5.87. The number of amides is 2. The summed E-state index contributed by atoms with van der Waals surface area (Å²) in [5, 5.41) is 6.82. The third-order valence-corrected chi connectivity index (χ3v) is 2.77. The zero-order valence-corrected chi connectivity index (χ0v) is 11.1. The summed E-state index contributed by atoms with van der Waals surface area (Å²) in [5.74, 6) is 0. The van der Waals surface area contributed by atoms with Gasteiger partial charge in [0.15, 0.2) is 0 Å². The molecule has 0 aromatic heterocycles. The van der Waals surface area contributed by atoms with Gasteiger partial charge in [-0.05, 0) is 12.1 Å². The maximum Gasteiger partial charge on any atom is 0.411 e. The number of hydrogen-bond donors (Lipinski definition) is 2. The minimum Gasteiger partial charge on any atom is -0.453 e. The van der Waals surface area contributed by atoms with Crippen LogP contribution in [0.1, 0.15) is 0 Å². The molecule has 6 heteroatoms. The molecule has 2 aromatic carbocycles. The quantitative estimate of drug-likeness (QED) is 0.881. The average Bonchev–Trinajstić information content (AvgIpc) is 2.47. The fourth-order valence-corrected chi connectivity index (χ4v) is 1.85. The molecule has 0 spiro atoms. The minimum absolute atomic E-state index is 0.552. The maximum absolute atomic E-state index is 11.3. The van der Waals surface area contributed by atoms with Gasteiger partial charge in [0.05, 0.1) is 25.6 Å². The fourth-order valence-electron chi connectivity index (χ4n) is 1.85. The molecule has 0 unspecified atom stereocenters. The van der Waals surface area contributed by atoms with Gasteiger partial charge in [-0.15, -0.1) is 0 Å². The SMILES string of the molecule is COC(=O)Nc1cccc2c(NC(=O)OC)cccc12. The number of benzene rings is 2. The summed E-state index contributed by atoms with van der Waals surface area (Å²) in [5.41, 5.74) is 1.20. The smallest absolute Gasteiger partial charge is 0.411 e. The van der Waals surface area contributed by atoms with Gasteiger partial charge in [-0.2, -0.15) is 0 Å². The van der Waals surface area contributed by atoms with Crippen molar-refractivity contribution in [2.45, 2.75) is 0 Å². The highest BCUT2D eigenvalue weighted by atomic mass is 16.5. The van der Waals surface area contributed by atoms with E-state index in [0.717, 1.165) is 10.8 Å². The van der Waals surface area contributed by atoms with Crippen molar-refractivity contribution in [3.63, 3.8) is 0 Å². The van der Waals surface area contributed by atoms with E-state index in [4.69, 9.17) is 0 Å². The van der Waals surface area contributed by atoms with Crippen molar-refractivity contribution in [1.29, 1.82) is 0 Å². The number of carbonyl (C=O) groups is 2. The molecule has 0 saturated heterocycles. The molecule has 0 radical (unpaired) electrons. The summed E-state index contributed by atoms with van der Waals surface area (Å²) in [4.78, 5) is 22.6. The van der Waals surface area contributed by atoms with E-state index in [2.05, 4.69) is 20.1 Å². The van der Waals surface area contributed by atoms with E-state index >= 15 is 0 Å². The number of nitrogens with one attached hydrogen (secondary N) is 2. The van der Waals surface area contributed by atoms with E-state index in [1.165, 1.54) is 14.2 Å². The van der Waals surface area contributed by atoms with Crippen molar-refractivity contribution in [3.05, 3.63) is 36.4 Å². The second-order valence-corrected chi connectivity index (χ2v) is 3.94. The largest absolute Gasteiger partial charge is 0.453 e. The molecule has 2 aromatic rings. The summed E-state index contributed by atoms with van der Waals surface area (Å²) in [6, 6.07) is 10.7. The van der Waals surface area contributed by atoms with Crippen LogP contribution < -0.4 is 10.6 Å². The third-order valence-electron chi connectivity index (χ3n) is 2.77. The molecule has 104 valence electrons. The van der Waals surface area contributed by atoms with Crippen molar-refractivity contribution in [3.8, 4) is 0 Å². The van der Waals surface area contributed by atoms with Crippen LogP contribution in [0.2, 0.25) is 0 Å². The Balaban J connectivity index is 2.46. The Labute approximate surface area is 115 Å². The van der Waals surface area contributed by atoms with Crippen LogP contribution in [0, 0.1) is 0 Å². The molecular weight excluding hydrogens is 260 g/mol. The lowest BCUT2D eigenvalue weighted by molar-refractivity contribution is 0.186. The molecule has 0 aliphatic heterocycles. The molecule has 6 nitrogen and oxygen atoms in total. The molecule has 0 bridgehead atoms. The first-order chi connectivity index (χ1) is 9.65. The highest BCUT2D eigenvalue weighted by Gasteiger charge is 2.09. The summed E-state index contributed by atoms with van der Waals surface area (Å²) >= 11 is 0. The van der Waals surface area contributed by atoms with Gasteiger partial charge in [0, 0.05) is 10.8 Å². The molecule has 0 aliphatic carbocycles. The van der Waals surface area contributed by atoms with E-state index in [9.17, 15) is 9.59 Å². The zero-order chi connectivity index (χ0) is 14.5. The van der Waals surface area contributed by atoms with Crippen LogP contribution in [-0.2, 0) is 9.47 Å². The normalized spacial score (nSPS) is 9.90. The van der Waals surface area contributed by atoms with Crippen molar-refractivity contribution in [1.82, 2.24) is 0 Å². The van der Waals surface area contributed by atoms with Gasteiger partial charge in [0.1, 0.15) is 0 Å². The number of rotatable bonds is 2. The monoisotopic (exact) mass is 274 g/mol. The molecule has 2 N–H and O–H groups in total. The first kappa shape index (κ1) is 13.7. The Bertz CT molecular complexity index is 597. The molecule has 2 amide bonds. The highest BCUT2D eigenvalue weighted by Crippen LogP contribution is 2.29. The van der Waals surface area contributed by atoms with Crippen molar-refractivity contribution in [2.75, 3.05) is 24.9 Å². The molecule has 0 atom stereocenters. The van der Waals surface area contributed by atoms with E-state index in [1.807, 2.05) is 12.1 Å². The number of anilines is 2. The summed E-state index contributed by atoms with van der Waals surface area (Å²) in [7, 11) is 2.59. The lowest BCUT2D eigenvalue weighted by Gasteiger charge is -2.11. The van der Waals surface area contributed by atoms with Crippen LogP contribution in [0.25, 0.3) is 10.8 Å². The van der Waals surface area contributed by atoms with Crippen LogP contribution in [0.5, 0.6) is 0 Å². The number of fused-ring (bicyclic) bond motifs is 1. The fraction of sp³-hybridized carbons (Fsp3) is 0.143. The molecule has 2 rings (SSSR count). The second-order valence-electron chi connectivity index (χ2n) is 3.94. The lowest BCUT2D eigenvalue weighted by atomic mass is 10.1. The summed E-state index contributed by atoms with van der Waals surface area (Å²) in [6.07, 6.45) is -1.10. The second kappa shape index (κ2) is 5.92. The summed E-state index contributed by atoms with van der Waals surface area (Å²) < 4.78 is 9.15. The van der Waals surface area contributed by atoms with Gasteiger partial charge < -0.3 is 9.47 Å².